The first kappa shape index (κ1) is 23.8. The summed E-state index contributed by atoms with van der Waals surface area (Å²) in [5.74, 6) is -2.02. The molecular formula is C21H34N4O5. The zero-order valence-corrected chi connectivity index (χ0v) is 18.6. The molecule has 0 bridgehead atoms. The second-order valence-corrected chi connectivity index (χ2v) is 9.00. The van der Waals surface area contributed by atoms with Crippen LogP contribution in [0.1, 0.15) is 77.4 Å². The van der Waals surface area contributed by atoms with Crippen LogP contribution in [-0.2, 0) is 16.1 Å². The normalized spacial score (nSPS) is 20.2. The number of nitrogens with one attached hydrogen (secondary N) is 2. The van der Waals surface area contributed by atoms with E-state index in [0.29, 0.717) is 19.4 Å². The topological polar surface area (TPSA) is 123 Å². The van der Waals surface area contributed by atoms with Crippen LogP contribution in [0.4, 0.5) is 0 Å². The van der Waals surface area contributed by atoms with Crippen LogP contribution >= 0.6 is 0 Å². The minimum Gasteiger partial charge on any atom is -0.384 e. The maximum absolute atomic E-state index is 13.0. The fourth-order valence-corrected chi connectivity index (χ4v) is 3.88. The first-order valence-corrected chi connectivity index (χ1v) is 10.8. The third kappa shape index (κ3) is 6.53. The highest BCUT2D eigenvalue weighted by Crippen LogP contribution is 2.25. The van der Waals surface area contributed by atoms with Gasteiger partial charge in [0.25, 0.3) is 5.89 Å². The van der Waals surface area contributed by atoms with Gasteiger partial charge in [-0.2, -0.15) is 4.68 Å². The van der Waals surface area contributed by atoms with Crippen molar-refractivity contribution in [1.29, 1.82) is 0 Å². The Morgan fingerprint density at radius 3 is 2.40 bits per heavy atom. The van der Waals surface area contributed by atoms with Gasteiger partial charge >= 0.3 is 5.76 Å². The molecule has 1 fully saturated rings. The highest BCUT2D eigenvalue weighted by molar-refractivity contribution is 5.98. The van der Waals surface area contributed by atoms with Crippen LogP contribution in [0.3, 0.4) is 0 Å². The van der Waals surface area contributed by atoms with E-state index in [9.17, 15) is 19.2 Å². The van der Waals surface area contributed by atoms with Gasteiger partial charge < -0.3 is 15.1 Å². The summed E-state index contributed by atoms with van der Waals surface area (Å²) >= 11 is 0. The Kier molecular flexibility index (Phi) is 8.37. The molecule has 9 heteroatoms. The maximum Gasteiger partial charge on any atom is 0.437 e. The molecule has 1 saturated carbocycles. The summed E-state index contributed by atoms with van der Waals surface area (Å²) in [6.07, 6.45) is 3.61. The van der Waals surface area contributed by atoms with Crippen LogP contribution in [0.15, 0.2) is 9.21 Å². The van der Waals surface area contributed by atoms with Crippen LogP contribution in [0.2, 0.25) is 0 Å². The zero-order chi connectivity index (χ0) is 22.4. The number of carbonyl (C=O) groups excluding carboxylic acids is 3. The predicted octanol–water partition coefficient (Wildman–Crippen LogP) is 1.90. The van der Waals surface area contributed by atoms with Gasteiger partial charge in [-0.15, -0.1) is 5.10 Å². The van der Waals surface area contributed by atoms with E-state index in [1.165, 1.54) is 6.92 Å². The summed E-state index contributed by atoms with van der Waals surface area (Å²) in [5.41, 5.74) is 0. The predicted molar refractivity (Wildman–Crippen MR) is 111 cm³/mol. The van der Waals surface area contributed by atoms with Crippen LogP contribution in [-0.4, -0.2) is 39.5 Å². The van der Waals surface area contributed by atoms with Gasteiger partial charge in [0, 0.05) is 13.0 Å². The Labute approximate surface area is 177 Å². The van der Waals surface area contributed by atoms with Gasteiger partial charge in [-0.3, -0.25) is 14.4 Å². The number of aromatic nitrogens is 2. The summed E-state index contributed by atoms with van der Waals surface area (Å²) in [6, 6.07) is -1.09. The van der Waals surface area contributed by atoms with Crippen LogP contribution in [0.5, 0.6) is 0 Å². The summed E-state index contributed by atoms with van der Waals surface area (Å²) < 4.78 is 6.22. The first-order valence-electron chi connectivity index (χ1n) is 10.8. The molecule has 1 aromatic rings. The fraction of sp³-hybridized carbons (Fsp3) is 0.762. The molecule has 30 heavy (non-hydrogen) atoms. The molecule has 168 valence electrons. The second kappa shape index (κ2) is 10.5. The molecule has 2 N–H and O–H groups in total. The number of carbonyl (C=O) groups is 3. The van der Waals surface area contributed by atoms with Gasteiger partial charge in [-0.1, -0.05) is 40.5 Å². The largest absolute Gasteiger partial charge is 0.437 e. The zero-order valence-electron chi connectivity index (χ0n) is 18.6. The Balaban J connectivity index is 2.18. The molecule has 1 unspecified atom stereocenters. The molecule has 9 nitrogen and oxygen atoms in total. The van der Waals surface area contributed by atoms with Crippen molar-refractivity contribution in [1.82, 2.24) is 20.4 Å². The van der Waals surface area contributed by atoms with E-state index in [4.69, 9.17) is 4.42 Å². The van der Waals surface area contributed by atoms with Gasteiger partial charge in [0.1, 0.15) is 0 Å². The summed E-state index contributed by atoms with van der Waals surface area (Å²) in [7, 11) is 0. The number of amides is 2. The number of hydrogen-bond acceptors (Lipinski definition) is 6. The number of nitrogens with zero attached hydrogens (tertiary/aromatic N) is 2. The first-order chi connectivity index (χ1) is 14.1. The Hall–Kier alpha value is -2.45. The minimum absolute atomic E-state index is 0.126. The quantitative estimate of drug-likeness (QED) is 0.586. The number of hydrogen-bond donors (Lipinski definition) is 2. The number of Topliss-reactive ketones (excluding diaryl/α,β-unsaturated/α-hetero) is 1. The molecule has 1 aromatic heterocycles. The lowest BCUT2D eigenvalue weighted by atomic mass is 9.83. The average molecular weight is 423 g/mol. The van der Waals surface area contributed by atoms with Crippen molar-refractivity contribution in [3.8, 4) is 0 Å². The van der Waals surface area contributed by atoms with Crippen molar-refractivity contribution in [3.63, 3.8) is 0 Å². The van der Waals surface area contributed by atoms with Crippen molar-refractivity contribution in [3.05, 3.63) is 16.4 Å². The minimum atomic E-state index is -0.844. The van der Waals surface area contributed by atoms with Crippen molar-refractivity contribution in [2.75, 3.05) is 0 Å². The standard InChI is InChI=1S/C21H34N4O5/c1-12(2)10-17(18(27)20-24-25(11-13(3)4)21(29)30-20)23-19(28)15-8-6-7-9-16(15)22-14(5)26/h12-13,15-17H,6-11H2,1-5H3,(H,22,26)(H,23,28)/t15-,16+,17?/m1/s1. The molecule has 0 spiro atoms. The van der Waals surface area contributed by atoms with Crippen molar-refractivity contribution < 1.29 is 18.8 Å². The molecular weight excluding hydrogens is 388 g/mol. The molecule has 1 aliphatic rings. The molecule has 0 aliphatic heterocycles. The van der Waals surface area contributed by atoms with Crippen LogP contribution in [0.25, 0.3) is 0 Å². The Morgan fingerprint density at radius 1 is 1.13 bits per heavy atom. The van der Waals surface area contributed by atoms with E-state index in [1.54, 1.807) is 0 Å². The number of ketones is 1. The van der Waals surface area contributed by atoms with Gasteiger partial charge in [0.2, 0.25) is 17.6 Å². The smallest absolute Gasteiger partial charge is 0.384 e. The molecule has 1 heterocycles. The lowest BCUT2D eigenvalue weighted by Crippen LogP contribution is -2.51. The van der Waals surface area contributed by atoms with E-state index in [2.05, 4.69) is 15.7 Å². The van der Waals surface area contributed by atoms with E-state index >= 15 is 0 Å². The monoisotopic (exact) mass is 422 g/mol. The molecule has 1 aliphatic carbocycles. The lowest BCUT2D eigenvalue weighted by Gasteiger charge is -2.32. The van der Waals surface area contributed by atoms with Crippen molar-refractivity contribution in [2.45, 2.75) is 85.4 Å². The van der Waals surface area contributed by atoms with Crippen LogP contribution < -0.4 is 16.4 Å². The van der Waals surface area contributed by atoms with Gasteiger partial charge in [-0.05, 0) is 31.1 Å². The molecule has 2 amide bonds. The summed E-state index contributed by atoms with van der Waals surface area (Å²) in [6.45, 7) is 9.53. The Bertz CT molecular complexity index is 811. The number of rotatable bonds is 9. The maximum atomic E-state index is 13.0. The van der Waals surface area contributed by atoms with E-state index in [0.717, 1.165) is 23.9 Å². The van der Waals surface area contributed by atoms with Gasteiger partial charge in [-0.25, -0.2) is 4.79 Å². The summed E-state index contributed by atoms with van der Waals surface area (Å²) in [4.78, 5) is 49.5. The lowest BCUT2D eigenvalue weighted by molar-refractivity contribution is -0.128. The molecule has 0 aromatic carbocycles. The SMILES string of the molecule is CC(=O)N[C@H]1CCCC[C@H]1C(=O)NC(CC(C)C)C(=O)c1nn(CC(C)C)c(=O)o1. The second-order valence-electron chi connectivity index (χ2n) is 9.00. The average Bonchev–Trinajstić information content (AvgIpc) is 3.00. The van der Waals surface area contributed by atoms with E-state index < -0.39 is 23.5 Å². The third-order valence-electron chi connectivity index (χ3n) is 5.19. The molecule has 3 atom stereocenters. The van der Waals surface area contributed by atoms with Gasteiger partial charge in [0.15, 0.2) is 0 Å². The summed E-state index contributed by atoms with van der Waals surface area (Å²) in [5, 5.41) is 9.73. The molecule has 0 saturated heterocycles. The highest BCUT2D eigenvalue weighted by atomic mass is 16.4. The van der Waals surface area contributed by atoms with E-state index in [-0.39, 0.29) is 35.6 Å². The van der Waals surface area contributed by atoms with E-state index in [1.807, 2.05) is 27.7 Å². The highest BCUT2D eigenvalue weighted by Gasteiger charge is 2.35. The van der Waals surface area contributed by atoms with Crippen molar-refractivity contribution >= 4 is 17.6 Å². The molecule has 0 radical (unpaired) electrons. The fourth-order valence-electron chi connectivity index (χ4n) is 3.88. The molecule has 2 rings (SSSR count). The third-order valence-corrected chi connectivity index (χ3v) is 5.19. The Morgan fingerprint density at radius 2 is 1.80 bits per heavy atom. The van der Waals surface area contributed by atoms with Crippen molar-refractivity contribution in [2.24, 2.45) is 17.8 Å². The van der Waals surface area contributed by atoms with Crippen LogP contribution in [0, 0.1) is 17.8 Å². The van der Waals surface area contributed by atoms with Gasteiger partial charge in [0.05, 0.1) is 18.5 Å².